The SMILES string of the molecule is Cc1ccc(N)c(N2CCCC(C)CC2)c1. The van der Waals surface area contributed by atoms with Crippen LogP contribution in [-0.2, 0) is 0 Å². The molecule has 1 unspecified atom stereocenters. The van der Waals surface area contributed by atoms with Crippen LogP contribution in [0.25, 0.3) is 0 Å². The summed E-state index contributed by atoms with van der Waals surface area (Å²) in [5.74, 6) is 0.857. The quantitative estimate of drug-likeness (QED) is 0.733. The highest BCUT2D eigenvalue weighted by molar-refractivity contribution is 5.68. The van der Waals surface area contributed by atoms with Crippen LogP contribution in [0.15, 0.2) is 18.2 Å². The first kappa shape index (κ1) is 11.3. The predicted molar refractivity (Wildman–Crippen MR) is 70.8 cm³/mol. The lowest BCUT2D eigenvalue weighted by Crippen LogP contribution is -2.25. The fourth-order valence-electron chi connectivity index (χ4n) is 2.43. The Hall–Kier alpha value is -1.18. The average Bonchev–Trinajstić information content (AvgIpc) is 2.47. The third kappa shape index (κ3) is 2.49. The second-order valence-electron chi connectivity index (χ2n) is 5.09. The third-order valence-corrected chi connectivity index (χ3v) is 3.54. The van der Waals surface area contributed by atoms with Gasteiger partial charge in [0.25, 0.3) is 0 Å². The zero-order chi connectivity index (χ0) is 11.5. The van der Waals surface area contributed by atoms with E-state index in [1.165, 1.54) is 30.5 Å². The molecule has 1 aliphatic heterocycles. The van der Waals surface area contributed by atoms with Gasteiger partial charge >= 0.3 is 0 Å². The molecule has 0 spiro atoms. The highest BCUT2D eigenvalue weighted by Crippen LogP contribution is 2.28. The third-order valence-electron chi connectivity index (χ3n) is 3.54. The molecule has 2 heteroatoms. The van der Waals surface area contributed by atoms with Crippen LogP contribution in [0.2, 0.25) is 0 Å². The molecule has 16 heavy (non-hydrogen) atoms. The van der Waals surface area contributed by atoms with Crippen molar-refractivity contribution in [1.82, 2.24) is 0 Å². The Morgan fingerprint density at radius 3 is 2.88 bits per heavy atom. The molecular formula is C14H22N2. The van der Waals surface area contributed by atoms with Gasteiger partial charge in [-0.2, -0.15) is 0 Å². The first-order chi connectivity index (χ1) is 7.66. The van der Waals surface area contributed by atoms with E-state index < -0.39 is 0 Å². The van der Waals surface area contributed by atoms with Gasteiger partial charge in [0.1, 0.15) is 0 Å². The van der Waals surface area contributed by atoms with Crippen LogP contribution in [-0.4, -0.2) is 13.1 Å². The van der Waals surface area contributed by atoms with Gasteiger partial charge in [-0.05, 0) is 49.8 Å². The maximum atomic E-state index is 6.06. The van der Waals surface area contributed by atoms with E-state index in [1.54, 1.807) is 0 Å². The molecule has 1 atom stereocenters. The first-order valence-electron chi connectivity index (χ1n) is 6.28. The molecule has 1 fully saturated rings. The standard InChI is InChI=1S/C14H22N2/c1-11-4-3-8-16(9-7-11)14-10-12(2)5-6-13(14)15/h5-6,10-11H,3-4,7-9,15H2,1-2H3. The smallest absolute Gasteiger partial charge is 0.0602 e. The fourth-order valence-corrected chi connectivity index (χ4v) is 2.43. The summed E-state index contributed by atoms with van der Waals surface area (Å²) in [6.45, 7) is 6.78. The van der Waals surface area contributed by atoms with Gasteiger partial charge in [0, 0.05) is 13.1 Å². The molecule has 88 valence electrons. The van der Waals surface area contributed by atoms with E-state index in [-0.39, 0.29) is 0 Å². The average molecular weight is 218 g/mol. The second-order valence-corrected chi connectivity index (χ2v) is 5.09. The molecule has 0 aliphatic carbocycles. The molecule has 1 aromatic carbocycles. The summed E-state index contributed by atoms with van der Waals surface area (Å²) in [7, 11) is 0. The van der Waals surface area contributed by atoms with Gasteiger partial charge in [-0.3, -0.25) is 0 Å². The number of nitrogens with two attached hydrogens (primary N) is 1. The zero-order valence-electron chi connectivity index (χ0n) is 10.4. The Bertz CT molecular complexity index is 360. The summed E-state index contributed by atoms with van der Waals surface area (Å²) in [6, 6.07) is 6.32. The Balaban J connectivity index is 2.19. The monoisotopic (exact) mass is 218 g/mol. The van der Waals surface area contributed by atoms with Crippen LogP contribution in [0.3, 0.4) is 0 Å². The molecule has 1 saturated heterocycles. The summed E-state index contributed by atoms with van der Waals surface area (Å²) < 4.78 is 0. The molecule has 1 aliphatic rings. The van der Waals surface area contributed by atoms with Crippen LogP contribution in [0, 0.1) is 12.8 Å². The van der Waals surface area contributed by atoms with Gasteiger partial charge in [-0.25, -0.2) is 0 Å². The maximum Gasteiger partial charge on any atom is 0.0602 e. The lowest BCUT2D eigenvalue weighted by molar-refractivity contribution is 0.521. The van der Waals surface area contributed by atoms with Gasteiger partial charge in [-0.1, -0.05) is 13.0 Å². The molecule has 2 N–H and O–H groups in total. The van der Waals surface area contributed by atoms with Crippen molar-refractivity contribution in [1.29, 1.82) is 0 Å². The van der Waals surface area contributed by atoms with Crippen LogP contribution >= 0.6 is 0 Å². The van der Waals surface area contributed by atoms with Gasteiger partial charge in [0.05, 0.1) is 11.4 Å². The molecule has 0 radical (unpaired) electrons. The van der Waals surface area contributed by atoms with Crippen molar-refractivity contribution >= 4 is 11.4 Å². The van der Waals surface area contributed by atoms with Crippen molar-refractivity contribution < 1.29 is 0 Å². The van der Waals surface area contributed by atoms with Gasteiger partial charge in [0.15, 0.2) is 0 Å². The minimum Gasteiger partial charge on any atom is -0.397 e. The lowest BCUT2D eigenvalue weighted by Gasteiger charge is -2.24. The minimum absolute atomic E-state index is 0.857. The van der Waals surface area contributed by atoms with Crippen molar-refractivity contribution in [3.8, 4) is 0 Å². The number of nitrogens with zero attached hydrogens (tertiary/aromatic N) is 1. The Morgan fingerprint density at radius 2 is 2.06 bits per heavy atom. The van der Waals surface area contributed by atoms with Crippen LogP contribution in [0.4, 0.5) is 11.4 Å². The molecular weight excluding hydrogens is 196 g/mol. The van der Waals surface area contributed by atoms with E-state index in [4.69, 9.17) is 5.73 Å². The summed E-state index contributed by atoms with van der Waals surface area (Å²) in [5.41, 5.74) is 9.50. The fraction of sp³-hybridized carbons (Fsp3) is 0.571. The number of nitrogen functional groups attached to an aromatic ring is 1. The number of hydrogen-bond acceptors (Lipinski definition) is 2. The summed E-state index contributed by atoms with van der Waals surface area (Å²) in [4.78, 5) is 2.45. The van der Waals surface area contributed by atoms with Crippen molar-refractivity contribution in [2.45, 2.75) is 33.1 Å². The zero-order valence-corrected chi connectivity index (χ0v) is 10.4. The lowest BCUT2D eigenvalue weighted by atomic mass is 10.0. The Morgan fingerprint density at radius 1 is 1.25 bits per heavy atom. The summed E-state index contributed by atoms with van der Waals surface area (Å²) in [5, 5.41) is 0. The second kappa shape index (κ2) is 4.77. The van der Waals surface area contributed by atoms with E-state index >= 15 is 0 Å². The highest BCUT2D eigenvalue weighted by atomic mass is 15.1. The van der Waals surface area contributed by atoms with E-state index in [0.29, 0.717) is 0 Å². The number of anilines is 2. The van der Waals surface area contributed by atoms with E-state index in [2.05, 4.69) is 30.9 Å². The van der Waals surface area contributed by atoms with Crippen molar-refractivity contribution in [3.63, 3.8) is 0 Å². The number of hydrogen-bond donors (Lipinski definition) is 1. The molecule has 0 amide bonds. The Kier molecular flexibility index (Phi) is 3.37. The molecule has 1 heterocycles. The predicted octanol–water partition coefficient (Wildman–Crippen LogP) is 3.20. The highest BCUT2D eigenvalue weighted by Gasteiger charge is 2.15. The maximum absolute atomic E-state index is 6.06. The van der Waals surface area contributed by atoms with Gasteiger partial charge in [-0.15, -0.1) is 0 Å². The van der Waals surface area contributed by atoms with E-state index in [9.17, 15) is 0 Å². The molecule has 0 saturated carbocycles. The van der Waals surface area contributed by atoms with Crippen molar-refractivity contribution in [2.24, 2.45) is 5.92 Å². The Labute approximate surface area is 98.4 Å². The van der Waals surface area contributed by atoms with E-state index in [1.807, 2.05) is 6.07 Å². The summed E-state index contributed by atoms with van der Waals surface area (Å²) >= 11 is 0. The number of benzene rings is 1. The van der Waals surface area contributed by atoms with Crippen LogP contribution in [0.5, 0.6) is 0 Å². The number of aryl methyl sites for hydroxylation is 1. The normalized spacial score (nSPS) is 21.9. The molecule has 2 nitrogen and oxygen atoms in total. The van der Waals surface area contributed by atoms with Crippen molar-refractivity contribution in [3.05, 3.63) is 23.8 Å². The number of rotatable bonds is 1. The minimum atomic E-state index is 0.857. The van der Waals surface area contributed by atoms with Crippen LogP contribution < -0.4 is 10.6 Å². The van der Waals surface area contributed by atoms with Crippen molar-refractivity contribution in [2.75, 3.05) is 23.7 Å². The molecule has 2 rings (SSSR count). The first-order valence-corrected chi connectivity index (χ1v) is 6.28. The van der Waals surface area contributed by atoms with Gasteiger partial charge in [0.2, 0.25) is 0 Å². The van der Waals surface area contributed by atoms with Crippen LogP contribution in [0.1, 0.15) is 31.7 Å². The largest absolute Gasteiger partial charge is 0.397 e. The van der Waals surface area contributed by atoms with E-state index in [0.717, 1.165) is 24.7 Å². The molecule has 1 aromatic rings. The summed E-state index contributed by atoms with van der Waals surface area (Å²) in [6.07, 6.45) is 3.92. The topological polar surface area (TPSA) is 29.3 Å². The van der Waals surface area contributed by atoms with Gasteiger partial charge < -0.3 is 10.6 Å². The molecule has 0 aromatic heterocycles. The molecule has 0 bridgehead atoms.